The maximum Gasteiger partial charge on any atom is 0.308 e. The monoisotopic (exact) mass is 313 g/mol. The Morgan fingerprint density at radius 2 is 2.24 bits per heavy atom. The van der Waals surface area contributed by atoms with Crippen LogP contribution in [0.15, 0.2) is 18.2 Å². The van der Waals surface area contributed by atoms with Crippen LogP contribution in [0.2, 0.25) is 5.02 Å². The quantitative estimate of drug-likeness (QED) is 0.932. The minimum absolute atomic E-state index is 0.0198. The van der Waals surface area contributed by atoms with Crippen LogP contribution in [0.4, 0.5) is 4.39 Å². The molecule has 2 rings (SSSR count). The van der Waals surface area contributed by atoms with E-state index in [0.29, 0.717) is 31.4 Å². The van der Waals surface area contributed by atoms with Gasteiger partial charge in [-0.1, -0.05) is 17.7 Å². The van der Waals surface area contributed by atoms with Crippen molar-refractivity contribution >= 4 is 23.5 Å². The molecule has 1 fully saturated rings. The second kappa shape index (κ2) is 6.43. The van der Waals surface area contributed by atoms with Crippen molar-refractivity contribution in [2.45, 2.75) is 32.2 Å². The number of benzene rings is 1. The summed E-state index contributed by atoms with van der Waals surface area (Å²) in [5.74, 6) is -2.41. The van der Waals surface area contributed by atoms with E-state index in [1.54, 1.807) is 13.0 Å². The number of likely N-dealkylation sites (tertiary alicyclic amines) is 1. The molecule has 2 atom stereocenters. The molecule has 4 nitrogen and oxygen atoms in total. The van der Waals surface area contributed by atoms with Gasteiger partial charge in [0.05, 0.1) is 17.0 Å². The number of nitrogens with zero attached hydrogens (tertiary/aromatic N) is 1. The normalized spacial score (nSPS) is 23.0. The summed E-state index contributed by atoms with van der Waals surface area (Å²) >= 11 is 5.68. The predicted octanol–water partition coefficient (Wildman–Crippen LogP) is 3.25. The summed E-state index contributed by atoms with van der Waals surface area (Å²) in [5.41, 5.74) is 0.474. The molecule has 2 unspecified atom stereocenters. The molecule has 0 spiro atoms. The molecule has 1 aliphatic rings. The highest BCUT2D eigenvalue weighted by atomic mass is 35.5. The number of halogens is 2. The summed E-state index contributed by atoms with van der Waals surface area (Å²) in [7, 11) is 0. The molecule has 6 heteroatoms. The summed E-state index contributed by atoms with van der Waals surface area (Å²) in [6.45, 7) is 2.18. The third kappa shape index (κ3) is 3.18. The lowest BCUT2D eigenvalue weighted by molar-refractivity contribution is -0.146. The number of carbonyl (C=O) groups excluding carboxylic acids is 1. The lowest BCUT2D eigenvalue weighted by atomic mass is 9.89. The van der Waals surface area contributed by atoms with E-state index in [4.69, 9.17) is 11.6 Å². The van der Waals surface area contributed by atoms with Crippen molar-refractivity contribution in [3.05, 3.63) is 34.6 Å². The number of hydrogen-bond donors (Lipinski definition) is 1. The van der Waals surface area contributed by atoms with Gasteiger partial charge in [0.2, 0.25) is 5.91 Å². The van der Waals surface area contributed by atoms with Gasteiger partial charge in [-0.05, 0) is 37.5 Å². The van der Waals surface area contributed by atoms with Crippen molar-refractivity contribution in [2.24, 2.45) is 5.92 Å². The van der Waals surface area contributed by atoms with E-state index in [2.05, 4.69) is 0 Å². The first-order valence-electron chi connectivity index (χ1n) is 6.93. The molecule has 1 heterocycles. The molecular formula is C15H17ClFNO3. The molecule has 21 heavy (non-hydrogen) atoms. The first-order chi connectivity index (χ1) is 9.95. The largest absolute Gasteiger partial charge is 0.481 e. The third-order valence-corrected chi connectivity index (χ3v) is 4.19. The third-order valence-electron chi connectivity index (χ3n) is 3.89. The number of rotatable bonds is 3. The van der Waals surface area contributed by atoms with Gasteiger partial charge in [-0.3, -0.25) is 9.59 Å². The molecule has 114 valence electrons. The average molecular weight is 314 g/mol. The summed E-state index contributed by atoms with van der Waals surface area (Å²) in [4.78, 5) is 25.2. The average Bonchev–Trinajstić information content (AvgIpc) is 2.60. The molecular weight excluding hydrogens is 297 g/mol. The highest BCUT2D eigenvalue weighted by Crippen LogP contribution is 2.36. The molecule has 0 aromatic heterocycles. The first-order valence-corrected chi connectivity index (χ1v) is 7.30. The number of carboxylic acids is 1. The summed E-state index contributed by atoms with van der Waals surface area (Å²) in [6, 6.07) is 3.56. The topological polar surface area (TPSA) is 57.6 Å². The zero-order valence-corrected chi connectivity index (χ0v) is 12.4. The Morgan fingerprint density at radius 3 is 2.81 bits per heavy atom. The van der Waals surface area contributed by atoms with E-state index >= 15 is 0 Å². The number of carbonyl (C=O) groups is 2. The molecule has 0 saturated carbocycles. The molecule has 0 radical (unpaired) electrons. The van der Waals surface area contributed by atoms with Gasteiger partial charge in [-0.15, -0.1) is 0 Å². The van der Waals surface area contributed by atoms with Gasteiger partial charge in [-0.25, -0.2) is 4.39 Å². The van der Waals surface area contributed by atoms with E-state index in [1.165, 1.54) is 17.0 Å². The second-order valence-electron chi connectivity index (χ2n) is 5.14. The maximum atomic E-state index is 13.7. The Morgan fingerprint density at radius 1 is 1.52 bits per heavy atom. The fourth-order valence-electron chi connectivity index (χ4n) is 2.89. The van der Waals surface area contributed by atoms with Gasteiger partial charge in [0.1, 0.15) is 5.82 Å². The summed E-state index contributed by atoms with van der Waals surface area (Å²) in [6.07, 6.45) is 1.25. The van der Waals surface area contributed by atoms with Crippen LogP contribution < -0.4 is 0 Å². The van der Waals surface area contributed by atoms with Gasteiger partial charge in [0, 0.05) is 13.0 Å². The molecule has 1 N–H and O–H groups in total. The van der Waals surface area contributed by atoms with E-state index in [0.717, 1.165) is 0 Å². The summed E-state index contributed by atoms with van der Waals surface area (Å²) < 4.78 is 13.7. The van der Waals surface area contributed by atoms with Crippen LogP contribution in [-0.4, -0.2) is 28.4 Å². The van der Waals surface area contributed by atoms with Crippen LogP contribution in [0.1, 0.15) is 37.8 Å². The number of hydrogen-bond acceptors (Lipinski definition) is 2. The highest BCUT2D eigenvalue weighted by molar-refractivity contribution is 6.30. The standard InChI is InChI=1S/C15H17ClFNO3/c1-2-18-13(19)5-3-4-10(15(20)21)14(18)9-6-7-11(16)12(17)8-9/h6-8,10,14H,2-5H2,1H3,(H,20,21). The van der Waals surface area contributed by atoms with Crippen LogP contribution in [0.25, 0.3) is 0 Å². The van der Waals surface area contributed by atoms with E-state index in [1.807, 2.05) is 0 Å². The Labute approximate surface area is 127 Å². The van der Waals surface area contributed by atoms with Crippen molar-refractivity contribution in [3.63, 3.8) is 0 Å². The Bertz CT molecular complexity index is 562. The Kier molecular flexibility index (Phi) is 4.83. The molecule has 1 aromatic carbocycles. The first kappa shape index (κ1) is 15.8. The zero-order chi connectivity index (χ0) is 15.6. The van der Waals surface area contributed by atoms with Gasteiger partial charge < -0.3 is 10.0 Å². The minimum Gasteiger partial charge on any atom is -0.481 e. The molecule has 0 aliphatic carbocycles. The zero-order valence-electron chi connectivity index (χ0n) is 11.7. The van der Waals surface area contributed by atoms with Gasteiger partial charge >= 0.3 is 5.97 Å². The van der Waals surface area contributed by atoms with Crippen molar-refractivity contribution in [1.82, 2.24) is 4.90 Å². The van der Waals surface area contributed by atoms with Crippen LogP contribution in [0.3, 0.4) is 0 Å². The minimum atomic E-state index is -0.969. The van der Waals surface area contributed by atoms with Crippen LogP contribution in [0, 0.1) is 11.7 Å². The van der Waals surface area contributed by atoms with Gasteiger partial charge in [0.25, 0.3) is 0 Å². The molecule has 1 aliphatic heterocycles. The number of carboxylic acid groups (broad SMARTS) is 1. The van der Waals surface area contributed by atoms with Crippen molar-refractivity contribution in [3.8, 4) is 0 Å². The lowest BCUT2D eigenvalue weighted by Crippen LogP contribution is -2.38. The van der Waals surface area contributed by atoms with Crippen molar-refractivity contribution in [1.29, 1.82) is 0 Å². The molecule has 1 saturated heterocycles. The van der Waals surface area contributed by atoms with E-state index in [9.17, 15) is 19.1 Å². The molecule has 1 amide bonds. The van der Waals surface area contributed by atoms with Gasteiger partial charge in [0.15, 0.2) is 0 Å². The lowest BCUT2D eigenvalue weighted by Gasteiger charge is -2.33. The number of aliphatic carboxylic acids is 1. The molecule has 0 bridgehead atoms. The highest BCUT2D eigenvalue weighted by Gasteiger charge is 2.38. The molecule has 1 aromatic rings. The van der Waals surface area contributed by atoms with Crippen molar-refractivity contribution in [2.75, 3.05) is 6.54 Å². The second-order valence-corrected chi connectivity index (χ2v) is 5.54. The van der Waals surface area contributed by atoms with E-state index < -0.39 is 23.7 Å². The van der Waals surface area contributed by atoms with E-state index in [-0.39, 0.29) is 10.9 Å². The maximum absolute atomic E-state index is 13.7. The van der Waals surface area contributed by atoms with Crippen LogP contribution in [0.5, 0.6) is 0 Å². The number of amides is 1. The fourth-order valence-corrected chi connectivity index (χ4v) is 3.00. The van der Waals surface area contributed by atoms with Crippen molar-refractivity contribution < 1.29 is 19.1 Å². The summed E-state index contributed by atoms with van der Waals surface area (Å²) in [5, 5.41) is 9.44. The van der Waals surface area contributed by atoms with Crippen LogP contribution >= 0.6 is 11.6 Å². The fraction of sp³-hybridized carbons (Fsp3) is 0.467. The Hall–Kier alpha value is -1.62. The Balaban J connectivity index is 2.50. The smallest absolute Gasteiger partial charge is 0.308 e. The van der Waals surface area contributed by atoms with Gasteiger partial charge in [-0.2, -0.15) is 0 Å². The predicted molar refractivity (Wildman–Crippen MR) is 76.5 cm³/mol. The van der Waals surface area contributed by atoms with Crippen LogP contribution in [-0.2, 0) is 9.59 Å². The SMILES string of the molecule is CCN1C(=O)CCCC(C(=O)O)C1c1ccc(Cl)c(F)c1.